The largest absolute Gasteiger partial charge is 0.378 e. The lowest BCUT2D eigenvalue weighted by molar-refractivity contribution is -0.0393. The third-order valence-electron chi connectivity index (χ3n) is 4.52. The lowest BCUT2D eigenvalue weighted by Gasteiger charge is -2.37. The Bertz CT molecular complexity index is 257. The second kappa shape index (κ2) is 8.38. The lowest BCUT2D eigenvalue weighted by atomic mass is 9.75. The van der Waals surface area contributed by atoms with Crippen molar-refractivity contribution in [1.82, 2.24) is 5.32 Å². The summed E-state index contributed by atoms with van der Waals surface area (Å²) in [5, 5.41) is 3.54. The van der Waals surface area contributed by atoms with Crippen LogP contribution in [-0.4, -0.2) is 24.8 Å². The molecular weight excluding hydrogens is 246 g/mol. The van der Waals surface area contributed by atoms with Gasteiger partial charge in [0.05, 0.1) is 6.10 Å². The molecule has 3 unspecified atom stereocenters. The van der Waals surface area contributed by atoms with Crippen molar-refractivity contribution >= 4 is 0 Å². The van der Waals surface area contributed by atoms with E-state index in [1.165, 1.54) is 32.1 Å². The highest BCUT2D eigenvalue weighted by molar-refractivity contribution is 4.81. The van der Waals surface area contributed by atoms with E-state index in [0.717, 1.165) is 30.9 Å². The molecule has 0 aromatic heterocycles. The topological polar surface area (TPSA) is 21.3 Å². The molecule has 1 N–H and O–H groups in total. The number of unbranched alkanes of at least 4 members (excludes halogenated alkanes) is 1. The number of hydrogen-bond donors (Lipinski definition) is 1. The standard InChI is InChI=1S/C18H37NO/c1-14(2)16-10-9-15(3)13-17(16)20-12-8-7-11-19-18(4,5)6/h14-17,19H,7-13H2,1-6H3. The maximum absolute atomic E-state index is 6.23. The third kappa shape index (κ3) is 7.08. The van der Waals surface area contributed by atoms with Crippen LogP contribution in [0.4, 0.5) is 0 Å². The van der Waals surface area contributed by atoms with Gasteiger partial charge < -0.3 is 10.1 Å². The molecule has 0 radical (unpaired) electrons. The van der Waals surface area contributed by atoms with E-state index in [1.807, 2.05) is 0 Å². The normalized spacial score (nSPS) is 28.1. The highest BCUT2D eigenvalue weighted by Gasteiger charge is 2.31. The molecule has 2 heteroatoms. The molecule has 0 amide bonds. The predicted molar refractivity (Wildman–Crippen MR) is 88.1 cm³/mol. The Labute approximate surface area is 127 Å². The Hall–Kier alpha value is -0.0800. The van der Waals surface area contributed by atoms with Gasteiger partial charge in [-0.25, -0.2) is 0 Å². The highest BCUT2D eigenvalue weighted by atomic mass is 16.5. The van der Waals surface area contributed by atoms with Crippen LogP contribution in [0.1, 0.15) is 73.6 Å². The van der Waals surface area contributed by atoms with Gasteiger partial charge in [-0.2, -0.15) is 0 Å². The zero-order chi connectivity index (χ0) is 15.2. The molecule has 1 saturated carbocycles. The number of rotatable bonds is 7. The van der Waals surface area contributed by atoms with Crippen molar-refractivity contribution in [1.29, 1.82) is 0 Å². The van der Waals surface area contributed by atoms with E-state index in [2.05, 4.69) is 46.9 Å². The first-order valence-corrected chi connectivity index (χ1v) is 8.66. The molecule has 0 aromatic carbocycles. The summed E-state index contributed by atoms with van der Waals surface area (Å²) in [6.07, 6.45) is 6.91. The van der Waals surface area contributed by atoms with Crippen LogP contribution in [0.3, 0.4) is 0 Å². The quantitative estimate of drug-likeness (QED) is 0.688. The van der Waals surface area contributed by atoms with E-state index < -0.39 is 0 Å². The van der Waals surface area contributed by atoms with Crippen molar-refractivity contribution in [3.8, 4) is 0 Å². The summed E-state index contributed by atoms with van der Waals surface area (Å²) in [5.41, 5.74) is 0.238. The van der Waals surface area contributed by atoms with Gasteiger partial charge in [0.25, 0.3) is 0 Å². The van der Waals surface area contributed by atoms with Crippen LogP contribution >= 0.6 is 0 Å². The molecule has 0 heterocycles. The average molecular weight is 284 g/mol. The van der Waals surface area contributed by atoms with Crippen LogP contribution in [0.5, 0.6) is 0 Å². The van der Waals surface area contributed by atoms with Crippen LogP contribution < -0.4 is 5.32 Å². The summed E-state index contributed by atoms with van der Waals surface area (Å²) in [6, 6.07) is 0. The fraction of sp³-hybridized carbons (Fsp3) is 1.00. The van der Waals surface area contributed by atoms with Gasteiger partial charge in [0.2, 0.25) is 0 Å². The molecule has 0 saturated heterocycles. The molecule has 1 aliphatic rings. The van der Waals surface area contributed by atoms with Crippen LogP contribution in [0.15, 0.2) is 0 Å². The Morgan fingerprint density at radius 2 is 1.85 bits per heavy atom. The lowest BCUT2D eigenvalue weighted by Crippen LogP contribution is -2.36. The summed E-state index contributed by atoms with van der Waals surface area (Å²) >= 11 is 0. The Morgan fingerprint density at radius 3 is 2.45 bits per heavy atom. The highest BCUT2D eigenvalue weighted by Crippen LogP contribution is 2.35. The third-order valence-corrected chi connectivity index (χ3v) is 4.52. The molecule has 2 nitrogen and oxygen atoms in total. The Kier molecular flexibility index (Phi) is 7.53. The SMILES string of the molecule is CC1CCC(C(C)C)C(OCCCCNC(C)(C)C)C1. The number of hydrogen-bond acceptors (Lipinski definition) is 2. The van der Waals surface area contributed by atoms with E-state index in [1.54, 1.807) is 0 Å². The van der Waals surface area contributed by atoms with Gasteiger partial charge in [-0.3, -0.25) is 0 Å². The van der Waals surface area contributed by atoms with Gasteiger partial charge in [0.1, 0.15) is 0 Å². The minimum Gasteiger partial charge on any atom is -0.378 e. The predicted octanol–water partition coefficient (Wildman–Crippen LogP) is 4.63. The maximum atomic E-state index is 6.23. The van der Waals surface area contributed by atoms with Gasteiger partial charge in [-0.05, 0) is 70.8 Å². The second-order valence-corrected chi connectivity index (χ2v) is 8.12. The van der Waals surface area contributed by atoms with E-state index in [-0.39, 0.29) is 5.54 Å². The summed E-state index contributed by atoms with van der Waals surface area (Å²) in [5.74, 6) is 2.38. The van der Waals surface area contributed by atoms with E-state index in [9.17, 15) is 0 Å². The molecule has 1 aliphatic carbocycles. The van der Waals surface area contributed by atoms with Gasteiger partial charge >= 0.3 is 0 Å². The molecule has 1 fully saturated rings. The van der Waals surface area contributed by atoms with E-state index in [0.29, 0.717) is 6.10 Å². The Balaban J connectivity index is 2.18. The van der Waals surface area contributed by atoms with E-state index >= 15 is 0 Å². The fourth-order valence-electron chi connectivity index (χ4n) is 3.23. The van der Waals surface area contributed by atoms with Gasteiger partial charge in [-0.1, -0.05) is 27.2 Å². The van der Waals surface area contributed by atoms with Gasteiger partial charge in [-0.15, -0.1) is 0 Å². The smallest absolute Gasteiger partial charge is 0.0608 e. The maximum Gasteiger partial charge on any atom is 0.0608 e. The molecule has 0 aliphatic heterocycles. The molecule has 20 heavy (non-hydrogen) atoms. The van der Waals surface area contributed by atoms with Crippen LogP contribution in [-0.2, 0) is 4.74 Å². The Morgan fingerprint density at radius 1 is 1.15 bits per heavy atom. The molecular formula is C18H37NO. The zero-order valence-corrected chi connectivity index (χ0v) is 14.7. The first kappa shape index (κ1) is 18.0. The molecule has 1 rings (SSSR count). The first-order chi connectivity index (χ1) is 9.29. The van der Waals surface area contributed by atoms with Crippen molar-refractivity contribution < 1.29 is 4.74 Å². The van der Waals surface area contributed by atoms with Crippen molar-refractivity contribution in [2.75, 3.05) is 13.2 Å². The van der Waals surface area contributed by atoms with E-state index in [4.69, 9.17) is 4.74 Å². The fourth-order valence-corrected chi connectivity index (χ4v) is 3.23. The van der Waals surface area contributed by atoms with Crippen molar-refractivity contribution in [2.45, 2.75) is 85.3 Å². The first-order valence-electron chi connectivity index (χ1n) is 8.66. The zero-order valence-electron chi connectivity index (χ0n) is 14.7. The molecule has 3 atom stereocenters. The number of ether oxygens (including phenoxy) is 1. The molecule has 0 spiro atoms. The molecule has 120 valence electrons. The van der Waals surface area contributed by atoms with Gasteiger partial charge in [0, 0.05) is 12.1 Å². The van der Waals surface area contributed by atoms with Crippen LogP contribution in [0.2, 0.25) is 0 Å². The monoisotopic (exact) mass is 283 g/mol. The minimum absolute atomic E-state index is 0.238. The van der Waals surface area contributed by atoms with Gasteiger partial charge in [0.15, 0.2) is 0 Å². The van der Waals surface area contributed by atoms with Crippen molar-refractivity contribution in [3.05, 3.63) is 0 Å². The van der Waals surface area contributed by atoms with Crippen LogP contribution in [0.25, 0.3) is 0 Å². The average Bonchev–Trinajstić information content (AvgIpc) is 2.32. The molecule has 0 aromatic rings. The van der Waals surface area contributed by atoms with Crippen molar-refractivity contribution in [2.24, 2.45) is 17.8 Å². The summed E-state index contributed by atoms with van der Waals surface area (Å²) in [7, 11) is 0. The summed E-state index contributed by atoms with van der Waals surface area (Å²) in [6.45, 7) is 15.8. The number of nitrogens with one attached hydrogen (secondary N) is 1. The van der Waals surface area contributed by atoms with Crippen molar-refractivity contribution in [3.63, 3.8) is 0 Å². The molecule has 0 bridgehead atoms. The minimum atomic E-state index is 0.238. The van der Waals surface area contributed by atoms with Crippen LogP contribution in [0, 0.1) is 17.8 Å². The second-order valence-electron chi connectivity index (χ2n) is 8.12. The summed E-state index contributed by atoms with van der Waals surface area (Å²) in [4.78, 5) is 0. The summed E-state index contributed by atoms with van der Waals surface area (Å²) < 4.78 is 6.23.